The second-order valence-electron chi connectivity index (χ2n) is 14.8. The lowest BCUT2D eigenvalue weighted by atomic mass is 9.79. The first-order valence-corrected chi connectivity index (χ1v) is 19.0. The summed E-state index contributed by atoms with van der Waals surface area (Å²) in [6.07, 6.45) is 26.0. The maximum absolute atomic E-state index is 6.72. The molecule has 6 aromatic rings. The van der Waals surface area contributed by atoms with Gasteiger partial charge in [-0.2, -0.15) is 0 Å². The van der Waals surface area contributed by atoms with E-state index in [0.717, 1.165) is 61.5 Å². The first-order valence-electron chi connectivity index (χ1n) is 19.0. The summed E-state index contributed by atoms with van der Waals surface area (Å²) in [4.78, 5) is 2.71. The largest absolute Gasteiger partial charge is 0.490 e. The highest BCUT2D eigenvalue weighted by Gasteiger charge is 2.45. The van der Waals surface area contributed by atoms with Crippen molar-refractivity contribution in [3.8, 4) is 5.69 Å². The number of rotatable bonds is 5. The van der Waals surface area contributed by atoms with Gasteiger partial charge in [0.15, 0.2) is 0 Å². The Hall–Kier alpha value is -5.74. The van der Waals surface area contributed by atoms with Crippen LogP contribution in [0.15, 0.2) is 155 Å². The van der Waals surface area contributed by atoms with Gasteiger partial charge in [0.1, 0.15) is 23.0 Å². The first-order chi connectivity index (χ1) is 25.8. The van der Waals surface area contributed by atoms with Crippen molar-refractivity contribution in [3.63, 3.8) is 0 Å². The molecule has 4 nitrogen and oxygen atoms in total. The molecule has 0 bridgehead atoms. The minimum Gasteiger partial charge on any atom is -0.490 e. The van der Waals surface area contributed by atoms with Crippen LogP contribution in [0.1, 0.15) is 55.3 Å². The van der Waals surface area contributed by atoms with Crippen LogP contribution in [0.25, 0.3) is 50.2 Å². The van der Waals surface area contributed by atoms with Gasteiger partial charge in [-0.05, 0) is 110 Å². The van der Waals surface area contributed by atoms with E-state index in [-0.39, 0.29) is 18.1 Å². The predicted octanol–water partition coefficient (Wildman–Crippen LogP) is 12.0. The van der Waals surface area contributed by atoms with E-state index in [2.05, 4.69) is 149 Å². The molecule has 254 valence electrons. The summed E-state index contributed by atoms with van der Waals surface area (Å²) in [5.74, 6) is 1.43. The van der Waals surface area contributed by atoms with Crippen LogP contribution in [-0.4, -0.2) is 16.7 Å². The van der Waals surface area contributed by atoms with Crippen LogP contribution < -0.4 is 4.90 Å². The van der Waals surface area contributed by atoms with Crippen LogP contribution in [0.2, 0.25) is 0 Å². The molecule has 3 atom stereocenters. The van der Waals surface area contributed by atoms with Gasteiger partial charge in [0.25, 0.3) is 0 Å². The molecule has 0 fully saturated rings. The zero-order valence-corrected chi connectivity index (χ0v) is 29.2. The third-order valence-electron chi connectivity index (χ3n) is 11.9. The number of benzene rings is 4. The smallest absolute Gasteiger partial charge is 0.137 e. The minimum atomic E-state index is 0.0495. The van der Waals surface area contributed by atoms with Crippen LogP contribution in [-0.2, 0) is 11.2 Å². The summed E-state index contributed by atoms with van der Waals surface area (Å²) in [7, 11) is 0. The number of allylic oxidation sites excluding steroid dienone is 8. The quantitative estimate of drug-likeness (QED) is 0.170. The fourth-order valence-corrected chi connectivity index (χ4v) is 9.68. The van der Waals surface area contributed by atoms with E-state index in [0.29, 0.717) is 0 Å². The molecule has 4 heteroatoms. The maximum atomic E-state index is 6.72. The standard InChI is InChI=1S/C48H40N2O2/c1-3-13-31(14-4-1)32-25-27-39-37(29-32)38-30-34(26-28-40(38)49(39)33-15-5-2-6-16-33)50(41-19-11-23-45-47(41)35-17-7-9-21-43(35)51-45)42-20-12-24-46-48(42)36-18-8-10-22-44(36)52-46/h2-3,5-9,11-19,21,23-25,27,29-30,42,46,48H,1,4,10,20,22,26,28H2. The molecule has 0 radical (unpaired) electrons. The number of ether oxygens (including phenoxy) is 1. The predicted molar refractivity (Wildman–Crippen MR) is 213 cm³/mol. The molecule has 0 N–H and O–H groups in total. The molecule has 5 aliphatic rings. The van der Waals surface area contributed by atoms with Gasteiger partial charge in [-0.25, -0.2) is 0 Å². The number of nitrogens with zero attached hydrogens (tertiary/aromatic N) is 2. The van der Waals surface area contributed by atoms with Crippen molar-refractivity contribution >= 4 is 50.2 Å². The lowest BCUT2D eigenvalue weighted by molar-refractivity contribution is 0.132. The van der Waals surface area contributed by atoms with Crippen molar-refractivity contribution in [1.82, 2.24) is 4.57 Å². The van der Waals surface area contributed by atoms with Gasteiger partial charge in [-0.3, -0.25) is 0 Å². The third kappa shape index (κ3) is 4.60. The summed E-state index contributed by atoms with van der Waals surface area (Å²) >= 11 is 0. The zero-order valence-electron chi connectivity index (χ0n) is 29.2. The number of furan rings is 1. The van der Waals surface area contributed by atoms with E-state index in [4.69, 9.17) is 9.15 Å². The highest BCUT2D eigenvalue weighted by Crippen LogP contribution is 2.49. The molecule has 0 saturated heterocycles. The summed E-state index contributed by atoms with van der Waals surface area (Å²) < 4.78 is 15.7. The lowest BCUT2D eigenvalue weighted by Crippen LogP contribution is -2.45. The van der Waals surface area contributed by atoms with Crippen molar-refractivity contribution in [3.05, 3.63) is 167 Å². The molecule has 2 aromatic heterocycles. The molecule has 11 rings (SSSR count). The Morgan fingerprint density at radius 3 is 2.54 bits per heavy atom. The van der Waals surface area contributed by atoms with Crippen LogP contribution >= 0.6 is 0 Å². The Morgan fingerprint density at radius 2 is 1.62 bits per heavy atom. The van der Waals surface area contributed by atoms with Crippen LogP contribution in [0, 0.1) is 5.92 Å². The normalized spacial score (nSPS) is 22.0. The van der Waals surface area contributed by atoms with Crippen molar-refractivity contribution in [2.75, 3.05) is 4.90 Å². The third-order valence-corrected chi connectivity index (χ3v) is 11.9. The first kappa shape index (κ1) is 29.9. The molecule has 4 aromatic carbocycles. The highest BCUT2D eigenvalue weighted by molar-refractivity contribution is 6.12. The lowest BCUT2D eigenvalue weighted by Gasteiger charge is -2.42. The van der Waals surface area contributed by atoms with Gasteiger partial charge < -0.3 is 18.6 Å². The number of hydrogen-bond acceptors (Lipinski definition) is 3. The molecule has 3 heterocycles. The SMILES string of the molecule is C1=CC(c2ccc3c(c2)c2c(n3-c3ccccc3)CCC(N(c3cccc4oc5ccccc5c34)C3CC=CC4OC5=C(C=CCC5)C43)=C2)=CCC1. The Morgan fingerprint density at radius 1 is 0.731 bits per heavy atom. The van der Waals surface area contributed by atoms with Gasteiger partial charge in [0.05, 0.1) is 16.6 Å². The molecular formula is C48H40N2O2. The van der Waals surface area contributed by atoms with Crippen molar-refractivity contribution in [2.45, 2.75) is 57.1 Å². The highest BCUT2D eigenvalue weighted by atomic mass is 16.5. The van der Waals surface area contributed by atoms with Gasteiger partial charge >= 0.3 is 0 Å². The van der Waals surface area contributed by atoms with E-state index < -0.39 is 0 Å². The number of hydrogen-bond donors (Lipinski definition) is 0. The van der Waals surface area contributed by atoms with Crippen LogP contribution in [0.3, 0.4) is 0 Å². The van der Waals surface area contributed by atoms with Gasteiger partial charge in [-0.1, -0.05) is 85.0 Å². The maximum Gasteiger partial charge on any atom is 0.137 e. The Kier molecular flexibility index (Phi) is 6.86. The molecule has 52 heavy (non-hydrogen) atoms. The number of fused-ring (bicyclic) bond motifs is 8. The van der Waals surface area contributed by atoms with Crippen molar-refractivity contribution in [2.24, 2.45) is 5.92 Å². The van der Waals surface area contributed by atoms with Gasteiger partial charge in [0, 0.05) is 51.8 Å². The molecule has 4 aliphatic carbocycles. The van der Waals surface area contributed by atoms with E-state index in [9.17, 15) is 0 Å². The van der Waals surface area contributed by atoms with E-state index in [1.807, 2.05) is 0 Å². The van der Waals surface area contributed by atoms with E-state index in [1.54, 1.807) is 0 Å². The van der Waals surface area contributed by atoms with Crippen LogP contribution in [0.4, 0.5) is 5.69 Å². The zero-order chi connectivity index (χ0) is 34.2. The molecule has 0 amide bonds. The van der Waals surface area contributed by atoms with Gasteiger partial charge in [0.2, 0.25) is 0 Å². The molecule has 1 aliphatic heterocycles. The Bertz CT molecular complexity index is 2600. The molecular weight excluding hydrogens is 637 g/mol. The molecule has 0 saturated carbocycles. The number of aromatic nitrogens is 1. The Labute approximate surface area is 304 Å². The van der Waals surface area contributed by atoms with Crippen molar-refractivity contribution < 1.29 is 9.15 Å². The van der Waals surface area contributed by atoms with Crippen LogP contribution in [0.5, 0.6) is 0 Å². The second-order valence-corrected chi connectivity index (χ2v) is 14.8. The molecule has 3 unspecified atom stereocenters. The monoisotopic (exact) mass is 676 g/mol. The average Bonchev–Trinajstić information content (AvgIpc) is 3.88. The minimum absolute atomic E-state index is 0.0495. The average molecular weight is 677 g/mol. The summed E-state index contributed by atoms with van der Waals surface area (Å²) in [6.45, 7) is 0. The molecule has 0 spiro atoms. The fourth-order valence-electron chi connectivity index (χ4n) is 9.68. The van der Waals surface area contributed by atoms with Crippen molar-refractivity contribution in [1.29, 1.82) is 0 Å². The topological polar surface area (TPSA) is 30.5 Å². The van der Waals surface area contributed by atoms with E-state index >= 15 is 0 Å². The summed E-state index contributed by atoms with van der Waals surface area (Å²) in [5, 5.41) is 3.66. The summed E-state index contributed by atoms with van der Waals surface area (Å²) in [6, 6.07) is 33.3. The summed E-state index contributed by atoms with van der Waals surface area (Å²) in [5.41, 5.74) is 13.6. The van der Waals surface area contributed by atoms with Gasteiger partial charge in [-0.15, -0.1) is 0 Å². The van der Waals surface area contributed by atoms with E-state index in [1.165, 1.54) is 67.1 Å². The Balaban J connectivity index is 1.16. The second kappa shape index (κ2) is 11.9. The number of anilines is 1. The number of para-hydroxylation sites is 2. The fraction of sp³-hybridized carbons (Fsp3) is 0.208.